The zero-order chi connectivity index (χ0) is 25.8. The number of methoxy groups -OCH3 is 2. The van der Waals surface area contributed by atoms with Gasteiger partial charge in [0.1, 0.15) is 17.9 Å². The van der Waals surface area contributed by atoms with Gasteiger partial charge in [0.25, 0.3) is 11.6 Å². The van der Waals surface area contributed by atoms with Gasteiger partial charge in [0.15, 0.2) is 11.5 Å². The number of para-hydroxylation sites is 1. The molecule has 0 aromatic heterocycles. The summed E-state index contributed by atoms with van der Waals surface area (Å²) in [5, 5.41) is 11.6. The van der Waals surface area contributed by atoms with Crippen molar-refractivity contribution < 1.29 is 23.9 Å². The van der Waals surface area contributed by atoms with E-state index in [-0.39, 0.29) is 17.9 Å². The lowest BCUT2D eigenvalue weighted by molar-refractivity contribution is -0.385. The van der Waals surface area contributed by atoms with E-state index in [1.54, 1.807) is 31.3 Å². The zero-order valence-electron chi connectivity index (χ0n) is 20.9. The molecular weight excluding hydrogens is 460 g/mol. The first-order valence-electron chi connectivity index (χ1n) is 11.9. The van der Waals surface area contributed by atoms with Gasteiger partial charge in [-0.1, -0.05) is 38.1 Å². The Kier molecular flexibility index (Phi) is 7.43. The van der Waals surface area contributed by atoms with Gasteiger partial charge in [-0.3, -0.25) is 14.9 Å². The summed E-state index contributed by atoms with van der Waals surface area (Å²) in [5.74, 6) is 1.83. The first-order chi connectivity index (χ1) is 17.3. The van der Waals surface area contributed by atoms with Gasteiger partial charge in [0.05, 0.1) is 25.2 Å². The number of nitro groups is 1. The minimum Gasteiger partial charge on any atom is -0.493 e. The van der Waals surface area contributed by atoms with E-state index in [4.69, 9.17) is 14.2 Å². The molecule has 0 saturated carbocycles. The third kappa shape index (κ3) is 4.98. The maximum atomic E-state index is 13.7. The van der Waals surface area contributed by atoms with Crippen molar-refractivity contribution in [1.82, 2.24) is 4.90 Å². The maximum absolute atomic E-state index is 13.7. The van der Waals surface area contributed by atoms with E-state index in [0.29, 0.717) is 36.1 Å². The molecule has 1 aliphatic heterocycles. The Bertz CT molecular complexity index is 1260. The molecule has 0 radical (unpaired) electrons. The van der Waals surface area contributed by atoms with Crippen LogP contribution < -0.4 is 14.2 Å². The molecule has 0 bridgehead atoms. The maximum Gasteiger partial charge on any atom is 0.282 e. The lowest BCUT2D eigenvalue weighted by Gasteiger charge is -2.37. The van der Waals surface area contributed by atoms with Gasteiger partial charge in [-0.15, -0.1) is 0 Å². The minimum absolute atomic E-state index is 0.0534. The molecule has 1 amide bonds. The lowest BCUT2D eigenvalue weighted by Crippen LogP contribution is -2.42. The number of hydrogen-bond donors (Lipinski definition) is 0. The van der Waals surface area contributed by atoms with E-state index < -0.39 is 16.9 Å². The van der Waals surface area contributed by atoms with Crippen LogP contribution in [-0.4, -0.2) is 43.1 Å². The topological polar surface area (TPSA) is 91.1 Å². The largest absolute Gasteiger partial charge is 0.493 e. The van der Waals surface area contributed by atoms with Gasteiger partial charge < -0.3 is 19.1 Å². The molecule has 0 spiro atoms. The number of carbonyl (C=O) groups is 1. The van der Waals surface area contributed by atoms with Gasteiger partial charge in [-0.2, -0.15) is 0 Å². The fraction of sp³-hybridized carbons (Fsp3) is 0.321. The van der Waals surface area contributed by atoms with Crippen molar-refractivity contribution >= 4 is 11.6 Å². The van der Waals surface area contributed by atoms with Crippen LogP contribution in [0.5, 0.6) is 17.2 Å². The molecule has 0 N–H and O–H groups in total. The highest BCUT2D eigenvalue weighted by Crippen LogP contribution is 2.39. The Hall–Kier alpha value is -4.07. The van der Waals surface area contributed by atoms with Gasteiger partial charge in [0, 0.05) is 12.6 Å². The molecule has 8 nitrogen and oxygen atoms in total. The molecule has 4 rings (SSSR count). The summed E-state index contributed by atoms with van der Waals surface area (Å²) in [7, 11) is 3.14. The van der Waals surface area contributed by atoms with E-state index in [1.807, 2.05) is 36.4 Å². The second-order valence-corrected chi connectivity index (χ2v) is 8.98. The quantitative estimate of drug-likeness (QED) is 0.304. The van der Waals surface area contributed by atoms with E-state index >= 15 is 0 Å². The molecule has 8 heteroatoms. The fourth-order valence-electron chi connectivity index (χ4n) is 4.54. The normalized spacial score (nSPS) is 14.8. The fourth-order valence-corrected chi connectivity index (χ4v) is 4.54. The Morgan fingerprint density at radius 1 is 1.06 bits per heavy atom. The number of fused-ring (bicyclic) bond motifs is 1. The van der Waals surface area contributed by atoms with Gasteiger partial charge in [-0.25, -0.2) is 0 Å². The number of benzene rings is 3. The van der Waals surface area contributed by atoms with Gasteiger partial charge >= 0.3 is 0 Å². The number of hydrogen-bond acceptors (Lipinski definition) is 6. The number of nitrogens with zero attached hydrogens (tertiary/aromatic N) is 2. The molecule has 3 aromatic rings. The van der Waals surface area contributed by atoms with Crippen LogP contribution in [0.1, 0.15) is 52.9 Å². The van der Waals surface area contributed by atoms with Crippen molar-refractivity contribution in [3.05, 3.63) is 93.0 Å². The van der Waals surface area contributed by atoms with Crippen molar-refractivity contribution in [1.29, 1.82) is 0 Å². The van der Waals surface area contributed by atoms with Crippen LogP contribution in [0.25, 0.3) is 0 Å². The van der Waals surface area contributed by atoms with E-state index in [2.05, 4.69) is 13.8 Å². The Morgan fingerprint density at radius 3 is 2.36 bits per heavy atom. The Labute approximate surface area is 210 Å². The predicted octanol–water partition coefficient (Wildman–Crippen LogP) is 5.55. The first-order valence-corrected chi connectivity index (χ1v) is 11.9. The highest BCUT2D eigenvalue weighted by molar-refractivity contribution is 5.98. The lowest BCUT2D eigenvalue weighted by atomic mass is 9.91. The molecule has 3 aromatic carbocycles. The molecular formula is C28H30N2O6. The molecule has 1 aliphatic rings. The van der Waals surface area contributed by atoms with Crippen LogP contribution in [0.4, 0.5) is 5.69 Å². The SMILES string of the molecule is COc1cc2c(cc1OC)[C@@H](COc1ccc(C(C)C)cc1)N(C(=O)c1ccccc1[N+](=O)[O-])CC2. The number of ether oxygens (including phenoxy) is 3. The summed E-state index contributed by atoms with van der Waals surface area (Å²) >= 11 is 0. The number of nitro benzene ring substituents is 1. The summed E-state index contributed by atoms with van der Waals surface area (Å²) in [6, 6.07) is 17.2. The van der Waals surface area contributed by atoms with Crippen LogP contribution >= 0.6 is 0 Å². The van der Waals surface area contributed by atoms with Gasteiger partial charge in [0.2, 0.25) is 0 Å². The molecule has 188 valence electrons. The van der Waals surface area contributed by atoms with Crippen molar-refractivity contribution in [2.24, 2.45) is 0 Å². The highest BCUT2D eigenvalue weighted by atomic mass is 16.6. The van der Waals surface area contributed by atoms with Crippen LogP contribution in [-0.2, 0) is 6.42 Å². The van der Waals surface area contributed by atoms with Crippen molar-refractivity contribution in [2.75, 3.05) is 27.4 Å². The van der Waals surface area contributed by atoms with Gasteiger partial charge in [-0.05, 0) is 59.4 Å². The molecule has 0 aliphatic carbocycles. The molecule has 1 atom stereocenters. The summed E-state index contributed by atoms with van der Waals surface area (Å²) in [4.78, 5) is 26.4. The smallest absolute Gasteiger partial charge is 0.282 e. The molecule has 1 heterocycles. The third-order valence-corrected chi connectivity index (χ3v) is 6.55. The van der Waals surface area contributed by atoms with E-state index in [9.17, 15) is 14.9 Å². The average molecular weight is 491 g/mol. The second-order valence-electron chi connectivity index (χ2n) is 8.98. The number of amides is 1. The average Bonchev–Trinajstić information content (AvgIpc) is 2.90. The third-order valence-electron chi connectivity index (χ3n) is 6.55. The summed E-state index contributed by atoms with van der Waals surface area (Å²) < 4.78 is 17.2. The van der Waals surface area contributed by atoms with Crippen molar-refractivity contribution in [3.63, 3.8) is 0 Å². The minimum atomic E-state index is -0.527. The van der Waals surface area contributed by atoms with E-state index in [0.717, 1.165) is 11.1 Å². The molecule has 36 heavy (non-hydrogen) atoms. The Balaban J connectivity index is 1.71. The second kappa shape index (κ2) is 10.7. The zero-order valence-corrected chi connectivity index (χ0v) is 20.9. The highest BCUT2D eigenvalue weighted by Gasteiger charge is 2.35. The van der Waals surface area contributed by atoms with Crippen LogP contribution in [0.15, 0.2) is 60.7 Å². The number of rotatable bonds is 8. The molecule has 0 saturated heterocycles. The monoisotopic (exact) mass is 490 g/mol. The molecule has 0 fully saturated rings. The predicted molar refractivity (Wildman–Crippen MR) is 136 cm³/mol. The Morgan fingerprint density at radius 2 is 1.72 bits per heavy atom. The first kappa shape index (κ1) is 25.0. The van der Waals surface area contributed by atoms with Crippen LogP contribution in [0, 0.1) is 10.1 Å². The van der Waals surface area contributed by atoms with Crippen molar-refractivity contribution in [2.45, 2.75) is 32.2 Å². The van der Waals surface area contributed by atoms with Crippen molar-refractivity contribution in [3.8, 4) is 17.2 Å². The standard InChI is InChI=1S/C28H30N2O6/c1-18(2)19-9-11-21(12-10-19)36-17-25-23-16-27(35-4)26(34-3)15-20(23)13-14-29(25)28(31)22-7-5-6-8-24(22)30(32)33/h5-12,15-16,18,25H,13-14,17H2,1-4H3/t25-/m1/s1. The van der Waals surface area contributed by atoms with Crippen LogP contribution in [0.3, 0.4) is 0 Å². The summed E-state index contributed by atoms with van der Waals surface area (Å²) in [6.45, 7) is 4.81. The van der Waals surface area contributed by atoms with E-state index in [1.165, 1.54) is 17.7 Å². The summed E-state index contributed by atoms with van der Waals surface area (Å²) in [6.07, 6.45) is 0.571. The summed E-state index contributed by atoms with van der Waals surface area (Å²) in [5.41, 5.74) is 2.92. The van der Waals surface area contributed by atoms with Crippen LogP contribution in [0.2, 0.25) is 0 Å². The molecule has 0 unspecified atom stereocenters. The number of carbonyl (C=O) groups excluding carboxylic acids is 1.